The van der Waals surface area contributed by atoms with E-state index in [4.69, 9.17) is 0 Å². The minimum absolute atomic E-state index is 0.210. The summed E-state index contributed by atoms with van der Waals surface area (Å²) in [5.41, 5.74) is 2.31. The number of aromatic amines is 1. The van der Waals surface area contributed by atoms with Crippen LogP contribution in [0.1, 0.15) is 28.4 Å². The molecule has 0 saturated carbocycles. The second-order valence-corrected chi connectivity index (χ2v) is 6.34. The number of fused-ring (bicyclic) bond motifs is 1. The summed E-state index contributed by atoms with van der Waals surface area (Å²) in [4.78, 5) is 33.9. The van der Waals surface area contributed by atoms with Crippen LogP contribution in [0.4, 0.5) is 5.69 Å². The lowest BCUT2D eigenvalue weighted by Crippen LogP contribution is -2.18. The Labute approximate surface area is 160 Å². The van der Waals surface area contributed by atoms with Crippen LogP contribution in [0.2, 0.25) is 0 Å². The Morgan fingerprint density at radius 3 is 2.71 bits per heavy atom. The van der Waals surface area contributed by atoms with E-state index in [-0.39, 0.29) is 18.2 Å². The van der Waals surface area contributed by atoms with Crippen LogP contribution in [0.3, 0.4) is 0 Å². The molecule has 140 valence electrons. The molecule has 0 aliphatic carbocycles. The van der Waals surface area contributed by atoms with Gasteiger partial charge in [-0.1, -0.05) is 24.3 Å². The number of benzene rings is 2. The largest absolute Gasteiger partial charge is 0.325 e. The summed E-state index contributed by atoms with van der Waals surface area (Å²) < 4.78 is 1.48. The third-order valence-electron chi connectivity index (χ3n) is 4.32. The number of carbonyl (C=O) groups is 2. The number of rotatable bonds is 5. The van der Waals surface area contributed by atoms with Crippen LogP contribution in [0.25, 0.3) is 11.0 Å². The minimum atomic E-state index is -0.255. The van der Waals surface area contributed by atoms with Gasteiger partial charge < -0.3 is 5.32 Å². The van der Waals surface area contributed by atoms with E-state index in [1.54, 1.807) is 31.2 Å². The number of anilines is 1. The predicted molar refractivity (Wildman–Crippen MR) is 104 cm³/mol. The van der Waals surface area contributed by atoms with Crippen LogP contribution in [0.5, 0.6) is 0 Å². The van der Waals surface area contributed by atoms with Crippen molar-refractivity contribution in [3.05, 3.63) is 72.1 Å². The predicted octanol–water partition coefficient (Wildman–Crippen LogP) is 2.72. The first-order valence-corrected chi connectivity index (χ1v) is 8.85. The number of nitrogens with zero attached hydrogens (tertiary/aromatic N) is 4. The van der Waals surface area contributed by atoms with E-state index in [9.17, 15) is 9.59 Å². The first-order valence-electron chi connectivity index (χ1n) is 8.85. The van der Waals surface area contributed by atoms with Gasteiger partial charge >= 0.3 is 0 Å². The molecule has 4 rings (SSSR count). The van der Waals surface area contributed by atoms with Gasteiger partial charge in [0.2, 0.25) is 5.91 Å². The number of hydrogen-bond acceptors (Lipinski definition) is 5. The summed E-state index contributed by atoms with van der Waals surface area (Å²) in [6, 6.07) is 14.3. The maximum atomic E-state index is 13.1. The SMILES string of the molecule is Cc1nc(CCC(=O)Nc2ccccc2C(=O)n2cnc3ccccc32)n[nH]1. The zero-order valence-corrected chi connectivity index (χ0v) is 15.2. The van der Waals surface area contributed by atoms with E-state index in [1.807, 2.05) is 24.3 Å². The van der Waals surface area contributed by atoms with E-state index in [1.165, 1.54) is 10.9 Å². The molecule has 0 radical (unpaired) electrons. The molecule has 2 aromatic carbocycles. The molecule has 2 N–H and O–H groups in total. The van der Waals surface area contributed by atoms with E-state index in [0.29, 0.717) is 34.8 Å². The van der Waals surface area contributed by atoms with E-state index < -0.39 is 0 Å². The average Bonchev–Trinajstić information content (AvgIpc) is 3.32. The van der Waals surface area contributed by atoms with Crippen LogP contribution >= 0.6 is 0 Å². The molecule has 2 heterocycles. The van der Waals surface area contributed by atoms with Crippen molar-refractivity contribution < 1.29 is 9.59 Å². The zero-order chi connectivity index (χ0) is 19.5. The second kappa shape index (κ2) is 7.43. The lowest BCUT2D eigenvalue weighted by molar-refractivity contribution is -0.116. The maximum Gasteiger partial charge on any atom is 0.265 e. The molecule has 0 spiro atoms. The third-order valence-corrected chi connectivity index (χ3v) is 4.32. The number of carbonyl (C=O) groups excluding carboxylic acids is 2. The highest BCUT2D eigenvalue weighted by molar-refractivity contribution is 6.07. The highest BCUT2D eigenvalue weighted by atomic mass is 16.2. The van der Waals surface area contributed by atoms with Crippen molar-refractivity contribution in [2.75, 3.05) is 5.32 Å². The number of amides is 1. The van der Waals surface area contributed by atoms with E-state index in [0.717, 1.165) is 5.52 Å². The fraction of sp³-hybridized carbons (Fsp3) is 0.150. The van der Waals surface area contributed by atoms with Crippen molar-refractivity contribution in [2.24, 2.45) is 0 Å². The molecule has 0 aliphatic heterocycles. The molecule has 0 unspecified atom stereocenters. The van der Waals surface area contributed by atoms with Crippen LogP contribution < -0.4 is 5.32 Å². The van der Waals surface area contributed by atoms with Gasteiger partial charge in [-0.25, -0.2) is 9.97 Å². The van der Waals surface area contributed by atoms with Gasteiger partial charge in [-0.2, -0.15) is 5.10 Å². The maximum absolute atomic E-state index is 13.1. The van der Waals surface area contributed by atoms with Crippen molar-refractivity contribution in [1.82, 2.24) is 24.7 Å². The van der Waals surface area contributed by atoms with Crippen LogP contribution in [0.15, 0.2) is 54.9 Å². The van der Waals surface area contributed by atoms with Gasteiger partial charge in [-0.3, -0.25) is 19.3 Å². The van der Waals surface area contributed by atoms with Crippen LogP contribution in [-0.4, -0.2) is 36.5 Å². The lowest BCUT2D eigenvalue weighted by atomic mass is 10.1. The summed E-state index contributed by atoms with van der Waals surface area (Å²) in [6.45, 7) is 1.80. The molecule has 28 heavy (non-hydrogen) atoms. The Morgan fingerprint density at radius 2 is 1.89 bits per heavy atom. The molecule has 0 atom stereocenters. The van der Waals surface area contributed by atoms with Gasteiger partial charge in [0.15, 0.2) is 5.82 Å². The number of aryl methyl sites for hydroxylation is 2. The molecular formula is C20H18N6O2. The van der Waals surface area contributed by atoms with E-state index >= 15 is 0 Å². The van der Waals surface area contributed by atoms with Crippen molar-refractivity contribution in [3.8, 4) is 0 Å². The summed E-state index contributed by atoms with van der Waals surface area (Å²) in [5, 5.41) is 9.59. The quantitative estimate of drug-likeness (QED) is 0.559. The van der Waals surface area contributed by atoms with Crippen LogP contribution in [-0.2, 0) is 11.2 Å². The standard InChI is InChI=1S/C20H18N6O2/c1-13-22-18(25-24-13)10-11-19(27)23-15-7-3-2-6-14(15)20(28)26-12-21-16-8-4-5-9-17(16)26/h2-9,12H,10-11H2,1H3,(H,23,27)(H,22,24,25). The van der Waals surface area contributed by atoms with Gasteiger partial charge in [-0.15, -0.1) is 0 Å². The smallest absolute Gasteiger partial charge is 0.265 e. The summed E-state index contributed by atoms with van der Waals surface area (Å²) >= 11 is 0. The lowest BCUT2D eigenvalue weighted by Gasteiger charge is -2.11. The molecular weight excluding hydrogens is 356 g/mol. The fourth-order valence-corrected chi connectivity index (χ4v) is 2.97. The normalized spacial score (nSPS) is 10.9. The highest BCUT2D eigenvalue weighted by Crippen LogP contribution is 2.20. The number of hydrogen-bond donors (Lipinski definition) is 2. The molecule has 0 aliphatic rings. The third kappa shape index (κ3) is 3.52. The molecule has 1 amide bonds. The molecule has 4 aromatic rings. The van der Waals surface area contributed by atoms with Crippen molar-refractivity contribution in [2.45, 2.75) is 19.8 Å². The summed E-state index contributed by atoms with van der Waals surface area (Å²) in [5.74, 6) is 0.827. The van der Waals surface area contributed by atoms with Gasteiger partial charge in [0, 0.05) is 12.8 Å². The molecule has 8 heteroatoms. The molecule has 8 nitrogen and oxygen atoms in total. The summed E-state index contributed by atoms with van der Waals surface area (Å²) in [6.07, 6.45) is 2.13. The Balaban J connectivity index is 1.53. The molecule has 0 bridgehead atoms. The van der Waals surface area contributed by atoms with E-state index in [2.05, 4.69) is 25.5 Å². The van der Waals surface area contributed by atoms with Crippen LogP contribution in [0, 0.1) is 6.92 Å². The first kappa shape index (κ1) is 17.6. The number of H-pyrrole nitrogens is 1. The number of imidazole rings is 1. The monoisotopic (exact) mass is 374 g/mol. The van der Waals surface area contributed by atoms with Crippen molar-refractivity contribution in [1.29, 1.82) is 0 Å². The Bertz CT molecular complexity index is 1160. The number of aromatic nitrogens is 5. The Hall–Kier alpha value is -3.81. The first-order chi connectivity index (χ1) is 13.6. The minimum Gasteiger partial charge on any atom is -0.325 e. The van der Waals surface area contributed by atoms with Gasteiger partial charge in [0.1, 0.15) is 12.2 Å². The number of para-hydroxylation sites is 3. The molecule has 0 saturated heterocycles. The highest BCUT2D eigenvalue weighted by Gasteiger charge is 2.17. The molecule has 0 fully saturated rings. The van der Waals surface area contributed by atoms with Gasteiger partial charge in [-0.05, 0) is 31.2 Å². The van der Waals surface area contributed by atoms with Crippen molar-refractivity contribution >= 4 is 28.5 Å². The Morgan fingerprint density at radius 1 is 1.11 bits per heavy atom. The fourth-order valence-electron chi connectivity index (χ4n) is 2.97. The topological polar surface area (TPSA) is 106 Å². The number of nitrogens with one attached hydrogen (secondary N) is 2. The molecule has 2 aromatic heterocycles. The average molecular weight is 374 g/mol. The Kier molecular flexibility index (Phi) is 4.67. The van der Waals surface area contributed by atoms with Gasteiger partial charge in [0.25, 0.3) is 5.91 Å². The summed E-state index contributed by atoms with van der Waals surface area (Å²) in [7, 11) is 0. The second-order valence-electron chi connectivity index (χ2n) is 6.34. The van der Waals surface area contributed by atoms with Crippen molar-refractivity contribution in [3.63, 3.8) is 0 Å². The van der Waals surface area contributed by atoms with Gasteiger partial charge in [0.05, 0.1) is 22.3 Å². The zero-order valence-electron chi connectivity index (χ0n) is 15.2.